The number of amides is 1. The van der Waals surface area contributed by atoms with Crippen molar-refractivity contribution in [3.8, 4) is 0 Å². The summed E-state index contributed by atoms with van der Waals surface area (Å²) in [4.78, 5) is 14.6. The van der Waals surface area contributed by atoms with Gasteiger partial charge in [-0.05, 0) is 57.4 Å². The molecule has 1 fully saturated rings. The minimum absolute atomic E-state index is 0.159. The molecule has 23 heavy (non-hydrogen) atoms. The number of nitrogens with one attached hydrogen (secondary N) is 2. The van der Waals surface area contributed by atoms with Gasteiger partial charge in [0.1, 0.15) is 0 Å². The molecule has 1 unspecified atom stereocenters. The van der Waals surface area contributed by atoms with Gasteiger partial charge in [-0.25, -0.2) is 0 Å². The van der Waals surface area contributed by atoms with Crippen molar-refractivity contribution in [2.45, 2.75) is 38.6 Å². The Kier molecular flexibility index (Phi) is 7.56. The van der Waals surface area contributed by atoms with E-state index in [2.05, 4.69) is 52.8 Å². The lowest BCUT2D eigenvalue weighted by atomic mass is 9.95. The minimum Gasteiger partial charge on any atom is -0.354 e. The van der Waals surface area contributed by atoms with Crippen LogP contribution < -0.4 is 10.6 Å². The zero-order chi connectivity index (χ0) is 16.5. The molecule has 1 aromatic rings. The number of hydrogen-bond donors (Lipinski definition) is 2. The van der Waals surface area contributed by atoms with Crippen LogP contribution in [-0.2, 0) is 4.79 Å². The van der Waals surface area contributed by atoms with Crippen LogP contribution >= 0.6 is 0 Å². The van der Waals surface area contributed by atoms with Gasteiger partial charge in [0, 0.05) is 13.0 Å². The van der Waals surface area contributed by atoms with Gasteiger partial charge < -0.3 is 10.6 Å². The molecule has 1 aromatic carbocycles. The molecule has 0 aliphatic carbocycles. The predicted molar refractivity (Wildman–Crippen MR) is 95.3 cm³/mol. The fourth-order valence-electron chi connectivity index (χ4n) is 3.20. The number of rotatable bonds is 8. The van der Waals surface area contributed by atoms with Crippen molar-refractivity contribution in [1.82, 2.24) is 15.5 Å². The van der Waals surface area contributed by atoms with E-state index < -0.39 is 0 Å². The van der Waals surface area contributed by atoms with Gasteiger partial charge >= 0.3 is 0 Å². The van der Waals surface area contributed by atoms with Crippen LogP contribution in [0.2, 0.25) is 0 Å². The van der Waals surface area contributed by atoms with Crippen molar-refractivity contribution in [2.75, 3.05) is 33.2 Å². The van der Waals surface area contributed by atoms with Gasteiger partial charge in [-0.1, -0.05) is 37.3 Å². The van der Waals surface area contributed by atoms with Crippen LogP contribution in [0.3, 0.4) is 0 Å². The molecule has 0 saturated carbocycles. The Labute approximate surface area is 140 Å². The van der Waals surface area contributed by atoms with Gasteiger partial charge in [0.25, 0.3) is 0 Å². The molecule has 2 rings (SSSR count). The molecule has 1 aliphatic heterocycles. The van der Waals surface area contributed by atoms with Crippen LogP contribution in [0.15, 0.2) is 30.3 Å². The van der Waals surface area contributed by atoms with E-state index in [4.69, 9.17) is 0 Å². The summed E-state index contributed by atoms with van der Waals surface area (Å²) in [5.41, 5.74) is 1.30. The smallest absolute Gasteiger partial charge is 0.220 e. The lowest BCUT2D eigenvalue weighted by Gasteiger charge is -2.37. The average Bonchev–Trinajstić information content (AvgIpc) is 2.58. The number of piperidine rings is 1. The molecule has 2 N–H and O–H groups in total. The molecule has 1 atom stereocenters. The summed E-state index contributed by atoms with van der Waals surface area (Å²) in [5.74, 6) is 0.977. The third kappa shape index (κ3) is 5.96. The molecule has 1 saturated heterocycles. The lowest BCUT2D eigenvalue weighted by Crippen LogP contribution is -2.42. The Morgan fingerprint density at radius 1 is 1.26 bits per heavy atom. The molecule has 1 amide bonds. The molecule has 0 aromatic heterocycles. The first-order valence-electron chi connectivity index (χ1n) is 8.91. The Morgan fingerprint density at radius 3 is 2.61 bits per heavy atom. The van der Waals surface area contributed by atoms with Crippen LogP contribution in [0.5, 0.6) is 0 Å². The average molecular weight is 317 g/mol. The molecule has 0 spiro atoms. The molecular formula is C19H31N3O. The van der Waals surface area contributed by atoms with Gasteiger partial charge in [0.15, 0.2) is 0 Å². The largest absolute Gasteiger partial charge is 0.354 e. The molecular weight excluding hydrogens is 286 g/mol. The summed E-state index contributed by atoms with van der Waals surface area (Å²) in [6.45, 7) is 6.17. The molecule has 4 heteroatoms. The van der Waals surface area contributed by atoms with E-state index in [1.54, 1.807) is 0 Å². The highest BCUT2D eigenvalue weighted by molar-refractivity contribution is 5.75. The minimum atomic E-state index is 0.159. The first-order chi connectivity index (χ1) is 11.2. The van der Waals surface area contributed by atoms with Crippen molar-refractivity contribution in [3.63, 3.8) is 0 Å². The quantitative estimate of drug-likeness (QED) is 0.724. The highest BCUT2D eigenvalue weighted by Crippen LogP contribution is 2.26. The van der Waals surface area contributed by atoms with Crippen LogP contribution in [0.1, 0.15) is 44.2 Å². The van der Waals surface area contributed by atoms with Crippen molar-refractivity contribution in [1.29, 1.82) is 0 Å². The van der Waals surface area contributed by atoms with E-state index in [1.165, 1.54) is 18.4 Å². The van der Waals surface area contributed by atoms with E-state index >= 15 is 0 Å². The second-order valence-electron chi connectivity index (χ2n) is 6.66. The van der Waals surface area contributed by atoms with Crippen molar-refractivity contribution >= 4 is 5.91 Å². The van der Waals surface area contributed by atoms with Crippen molar-refractivity contribution in [2.24, 2.45) is 5.92 Å². The number of hydrogen-bond acceptors (Lipinski definition) is 3. The standard InChI is InChI=1S/C19H31N3O/c1-16-10-13-22(14-11-16)18(17-7-4-3-5-8-17)15-21-19(23)9-6-12-20-2/h3-5,7-8,16,18,20H,6,9-15H2,1-2H3,(H,21,23). The van der Waals surface area contributed by atoms with Gasteiger partial charge in [0.2, 0.25) is 5.91 Å². The highest BCUT2D eigenvalue weighted by Gasteiger charge is 2.24. The second kappa shape index (κ2) is 9.68. The van der Waals surface area contributed by atoms with Gasteiger partial charge in [-0.3, -0.25) is 9.69 Å². The Morgan fingerprint density at radius 2 is 1.96 bits per heavy atom. The third-order valence-electron chi connectivity index (χ3n) is 4.77. The fourth-order valence-corrected chi connectivity index (χ4v) is 3.20. The summed E-state index contributed by atoms with van der Waals surface area (Å²) < 4.78 is 0. The van der Waals surface area contributed by atoms with Crippen molar-refractivity contribution < 1.29 is 4.79 Å². The van der Waals surface area contributed by atoms with E-state index in [0.717, 1.165) is 32.0 Å². The van der Waals surface area contributed by atoms with Gasteiger partial charge in [-0.2, -0.15) is 0 Å². The number of likely N-dealkylation sites (tertiary alicyclic amines) is 1. The fraction of sp³-hybridized carbons (Fsp3) is 0.632. The molecule has 0 radical (unpaired) electrons. The maximum Gasteiger partial charge on any atom is 0.220 e. The molecule has 1 aliphatic rings. The van der Waals surface area contributed by atoms with E-state index in [9.17, 15) is 4.79 Å². The van der Waals surface area contributed by atoms with Crippen LogP contribution in [0.4, 0.5) is 0 Å². The topological polar surface area (TPSA) is 44.4 Å². The number of carbonyl (C=O) groups excluding carboxylic acids is 1. The van der Waals surface area contributed by atoms with Crippen LogP contribution in [0.25, 0.3) is 0 Å². The maximum absolute atomic E-state index is 12.0. The monoisotopic (exact) mass is 317 g/mol. The first-order valence-corrected chi connectivity index (χ1v) is 8.91. The number of carbonyl (C=O) groups is 1. The lowest BCUT2D eigenvalue weighted by molar-refractivity contribution is -0.121. The maximum atomic E-state index is 12.0. The zero-order valence-corrected chi connectivity index (χ0v) is 14.6. The molecule has 0 bridgehead atoms. The van der Waals surface area contributed by atoms with Gasteiger partial charge in [0.05, 0.1) is 6.04 Å². The predicted octanol–water partition coefficient (Wildman–Crippen LogP) is 2.58. The Balaban J connectivity index is 1.93. The number of benzene rings is 1. The highest BCUT2D eigenvalue weighted by atomic mass is 16.1. The van der Waals surface area contributed by atoms with Crippen molar-refractivity contribution in [3.05, 3.63) is 35.9 Å². The molecule has 4 nitrogen and oxygen atoms in total. The molecule has 128 valence electrons. The third-order valence-corrected chi connectivity index (χ3v) is 4.77. The Hall–Kier alpha value is -1.39. The first kappa shape index (κ1) is 18.0. The second-order valence-corrected chi connectivity index (χ2v) is 6.66. The summed E-state index contributed by atoms with van der Waals surface area (Å²) in [5, 5.41) is 6.22. The summed E-state index contributed by atoms with van der Waals surface area (Å²) in [7, 11) is 1.92. The Bertz CT molecular complexity index is 455. The summed E-state index contributed by atoms with van der Waals surface area (Å²) >= 11 is 0. The zero-order valence-electron chi connectivity index (χ0n) is 14.6. The summed E-state index contributed by atoms with van der Waals surface area (Å²) in [6, 6.07) is 10.9. The SMILES string of the molecule is CNCCCC(=O)NCC(c1ccccc1)N1CCC(C)CC1. The van der Waals surface area contributed by atoms with Crippen LogP contribution in [0, 0.1) is 5.92 Å². The van der Waals surface area contributed by atoms with E-state index in [-0.39, 0.29) is 11.9 Å². The summed E-state index contributed by atoms with van der Waals surface area (Å²) in [6.07, 6.45) is 3.98. The van der Waals surface area contributed by atoms with E-state index in [1.807, 2.05) is 7.05 Å². The number of nitrogens with zero attached hydrogens (tertiary/aromatic N) is 1. The van der Waals surface area contributed by atoms with Gasteiger partial charge in [-0.15, -0.1) is 0 Å². The molecule has 1 heterocycles. The normalized spacial score (nSPS) is 17.8. The van der Waals surface area contributed by atoms with Crippen LogP contribution in [-0.4, -0.2) is 44.0 Å². The van der Waals surface area contributed by atoms with E-state index in [0.29, 0.717) is 13.0 Å².